The standard InChI is InChI=1S/C25H32O8/c1-30-20-14-12-16(22(28)24(20)32-3)18(26)10-8-6-5-7-9-11-19(27)17-13-15-21(31-2)25(33-4)23(17)29/h12-15,28-29H,5-11H2,1-4H3. The van der Waals surface area contributed by atoms with Crippen LogP contribution in [0.1, 0.15) is 65.7 Å². The van der Waals surface area contributed by atoms with E-state index in [1.807, 2.05) is 0 Å². The van der Waals surface area contributed by atoms with Crippen molar-refractivity contribution in [3.8, 4) is 34.5 Å². The van der Waals surface area contributed by atoms with E-state index in [1.165, 1.54) is 40.6 Å². The molecule has 8 heteroatoms. The van der Waals surface area contributed by atoms with Gasteiger partial charge in [-0.1, -0.05) is 19.3 Å². The Kier molecular flexibility index (Phi) is 9.84. The number of phenols is 2. The Balaban J connectivity index is 1.75. The van der Waals surface area contributed by atoms with E-state index in [-0.39, 0.29) is 45.7 Å². The van der Waals surface area contributed by atoms with Crippen molar-refractivity contribution in [3.05, 3.63) is 35.4 Å². The Morgan fingerprint density at radius 2 is 0.970 bits per heavy atom. The van der Waals surface area contributed by atoms with E-state index in [9.17, 15) is 19.8 Å². The van der Waals surface area contributed by atoms with Gasteiger partial charge in [0.1, 0.15) is 0 Å². The topological polar surface area (TPSA) is 112 Å². The molecule has 0 saturated heterocycles. The molecule has 0 heterocycles. The lowest BCUT2D eigenvalue weighted by molar-refractivity contribution is 0.0970. The van der Waals surface area contributed by atoms with E-state index >= 15 is 0 Å². The number of hydrogen-bond acceptors (Lipinski definition) is 8. The maximum atomic E-state index is 12.5. The Bertz CT molecular complexity index is 890. The number of rotatable bonds is 14. The summed E-state index contributed by atoms with van der Waals surface area (Å²) in [5.74, 6) is 0.282. The van der Waals surface area contributed by atoms with Crippen molar-refractivity contribution in [2.24, 2.45) is 0 Å². The fourth-order valence-electron chi connectivity index (χ4n) is 3.64. The van der Waals surface area contributed by atoms with E-state index < -0.39 is 0 Å². The molecule has 0 aromatic heterocycles. The fraction of sp³-hybridized carbons (Fsp3) is 0.440. The van der Waals surface area contributed by atoms with Crippen LogP contribution in [0.25, 0.3) is 0 Å². The summed E-state index contributed by atoms with van der Waals surface area (Å²) in [5.41, 5.74) is 0.431. The van der Waals surface area contributed by atoms with Crippen LogP contribution in [0.5, 0.6) is 34.5 Å². The van der Waals surface area contributed by atoms with Gasteiger partial charge in [-0.3, -0.25) is 9.59 Å². The van der Waals surface area contributed by atoms with Gasteiger partial charge in [-0.05, 0) is 37.1 Å². The highest BCUT2D eigenvalue weighted by molar-refractivity contribution is 6.00. The van der Waals surface area contributed by atoms with Crippen molar-refractivity contribution in [1.82, 2.24) is 0 Å². The van der Waals surface area contributed by atoms with Gasteiger partial charge < -0.3 is 29.2 Å². The first-order valence-corrected chi connectivity index (χ1v) is 10.8. The van der Waals surface area contributed by atoms with E-state index in [2.05, 4.69) is 0 Å². The normalized spacial score (nSPS) is 10.5. The Morgan fingerprint density at radius 1 is 0.606 bits per heavy atom. The van der Waals surface area contributed by atoms with Crippen molar-refractivity contribution in [1.29, 1.82) is 0 Å². The van der Waals surface area contributed by atoms with Crippen LogP contribution in [-0.4, -0.2) is 50.2 Å². The summed E-state index contributed by atoms with van der Waals surface area (Å²) in [5, 5.41) is 20.6. The lowest BCUT2D eigenvalue weighted by Gasteiger charge is -2.12. The van der Waals surface area contributed by atoms with Crippen LogP contribution in [0.3, 0.4) is 0 Å². The zero-order chi connectivity index (χ0) is 24.4. The summed E-state index contributed by atoms with van der Waals surface area (Å²) in [6, 6.07) is 6.26. The highest BCUT2D eigenvalue weighted by atomic mass is 16.5. The van der Waals surface area contributed by atoms with E-state index in [1.54, 1.807) is 12.1 Å². The van der Waals surface area contributed by atoms with Gasteiger partial charge in [0.05, 0.1) is 39.6 Å². The average molecular weight is 461 g/mol. The molecule has 33 heavy (non-hydrogen) atoms. The number of ether oxygens (including phenoxy) is 4. The number of methoxy groups -OCH3 is 4. The molecule has 0 spiro atoms. The number of aromatic hydroxyl groups is 2. The maximum Gasteiger partial charge on any atom is 0.203 e. The van der Waals surface area contributed by atoms with Crippen molar-refractivity contribution in [2.75, 3.05) is 28.4 Å². The Labute approximate surface area is 194 Å². The quantitative estimate of drug-likeness (QED) is 0.302. The lowest BCUT2D eigenvalue weighted by atomic mass is 10.00. The minimum absolute atomic E-state index is 0.147. The van der Waals surface area contributed by atoms with Crippen LogP contribution >= 0.6 is 0 Å². The molecule has 0 bridgehead atoms. The summed E-state index contributed by atoms with van der Waals surface area (Å²) in [7, 11) is 5.73. The molecule has 2 aromatic rings. The largest absolute Gasteiger partial charge is 0.504 e. The highest BCUT2D eigenvalue weighted by Crippen LogP contribution is 2.40. The number of phenolic OH excluding ortho intramolecular Hbond substituents is 2. The highest BCUT2D eigenvalue weighted by Gasteiger charge is 2.20. The molecule has 0 amide bonds. The van der Waals surface area contributed by atoms with Crippen molar-refractivity contribution < 1.29 is 38.7 Å². The van der Waals surface area contributed by atoms with Gasteiger partial charge in [0.25, 0.3) is 0 Å². The van der Waals surface area contributed by atoms with Gasteiger partial charge in [-0.15, -0.1) is 0 Å². The monoisotopic (exact) mass is 460 g/mol. The number of Topliss-reactive ketones (excluding diaryl/α,β-unsaturated/α-hetero) is 2. The third-order valence-electron chi connectivity index (χ3n) is 5.45. The molecule has 0 unspecified atom stereocenters. The molecule has 0 fully saturated rings. The zero-order valence-electron chi connectivity index (χ0n) is 19.6. The SMILES string of the molecule is COc1ccc(C(=O)CCCCCCCC(=O)c2ccc(OC)c(OC)c2O)c(O)c1OC. The molecule has 0 aliphatic rings. The summed E-state index contributed by atoms with van der Waals surface area (Å²) in [6.45, 7) is 0. The van der Waals surface area contributed by atoms with Crippen LogP contribution in [0.2, 0.25) is 0 Å². The number of benzene rings is 2. The van der Waals surface area contributed by atoms with E-state index in [0.29, 0.717) is 37.2 Å². The summed E-state index contributed by atoms with van der Waals surface area (Å²) in [6.07, 6.45) is 4.50. The molecule has 0 aliphatic carbocycles. The molecular weight excluding hydrogens is 428 g/mol. The number of ketones is 2. The van der Waals surface area contributed by atoms with Crippen molar-refractivity contribution in [2.45, 2.75) is 44.9 Å². The summed E-state index contributed by atoms with van der Waals surface area (Å²) >= 11 is 0. The third-order valence-corrected chi connectivity index (χ3v) is 5.45. The molecular formula is C25H32O8. The summed E-state index contributed by atoms with van der Waals surface area (Å²) in [4.78, 5) is 24.9. The lowest BCUT2D eigenvalue weighted by Crippen LogP contribution is -2.02. The Hall–Kier alpha value is -3.42. The molecule has 0 atom stereocenters. The smallest absolute Gasteiger partial charge is 0.203 e. The van der Waals surface area contributed by atoms with Gasteiger partial charge in [-0.2, -0.15) is 0 Å². The first kappa shape index (κ1) is 25.8. The van der Waals surface area contributed by atoms with Crippen molar-refractivity contribution in [3.63, 3.8) is 0 Å². The number of carbonyl (C=O) groups is 2. The number of hydrogen-bond donors (Lipinski definition) is 2. The predicted molar refractivity (Wildman–Crippen MR) is 123 cm³/mol. The van der Waals surface area contributed by atoms with E-state index in [0.717, 1.165) is 19.3 Å². The molecule has 2 aromatic carbocycles. The van der Waals surface area contributed by atoms with Crippen LogP contribution in [0.4, 0.5) is 0 Å². The van der Waals surface area contributed by atoms with Gasteiger partial charge >= 0.3 is 0 Å². The minimum Gasteiger partial charge on any atom is -0.504 e. The van der Waals surface area contributed by atoms with Gasteiger partial charge in [0.2, 0.25) is 11.5 Å². The zero-order valence-corrected chi connectivity index (χ0v) is 19.6. The summed E-state index contributed by atoms with van der Waals surface area (Å²) < 4.78 is 20.5. The van der Waals surface area contributed by atoms with Crippen LogP contribution in [-0.2, 0) is 0 Å². The molecule has 8 nitrogen and oxygen atoms in total. The van der Waals surface area contributed by atoms with Gasteiger partial charge in [-0.25, -0.2) is 0 Å². The van der Waals surface area contributed by atoms with Crippen LogP contribution in [0.15, 0.2) is 24.3 Å². The predicted octanol–water partition coefficient (Wildman–Crippen LogP) is 4.93. The van der Waals surface area contributed by atoms with Gasteiger partial charge in [0, 0.05) is 12.8 Å². The second kappa shape index (κ2) is 12.6. The molecule has 0 aliphatic heterocycles. The third kappa shape index (κ3) is 6.31. The molecule has 0 radical (unpaired) electrons. The van der Waals surface area contributed by atoms with Crippen LogP contribution in [0, 0.1) is 0 Å². The van der Waals surface area contributed by atoms with Crippen molar-refractivity contribution >= 4 is 11.6 Å². The first-order valence-electron chi connectivity index (χ1n) is 10.8. The molecule has 0 saturated carbocycles. The molecule has 180 valence electrons. The second-order valence-corrected chi connectivity index (χ2v) is 7.51. The number of unbranched alkanes of at least 4 members (excludes halogenated alkanes) is 4. The average Bonchev–Trinajstić information content (AvgIpc) is 2.82. The van der Waals surface area contributed by atoms with Crippen LogP contribution < -0.4 is 18.9 Å². The maximum absolute atomic E-state index is 12.5. The van der Waals surface area contributed by atoms with E-state index in [4.69, 9.17) is 18.9 Å². The minimum atomic E-state index is -0.209. The number of carbonyl (C=O) groups excluding carboxylic acids is 2. The molecule has 2 rings (SSSR count). The fourth-order valence-corrected chi connectivity index (χ4v) is 3.64. The Morgan fingerprint density at radius 3 is 1.30 bits per heavy atom. The first-order chi connectivity index (χ1) is 15.9. The molecule has 2 N–H and O–H groups in total. The van der Waals surface area contributed by atoms with Gasteiger partial charge in [0.15, 0.2) is 34.6 Å². The second-order valence-electron chi connectivity index (χ2n) is 7.51.